The molecule has 1 amide bonds. The van der Waals surface area contributed by atoms with E-state index in [0.717, 1.165) is 5.56 Å². The van der Waals surface area contributed by atoms with Crippen molar-refractivity contribution in [3.05, 3.63) is 86.3 Å². The maximum Gasteiger partial charge on any atom is 0.264 e. The van der Waals surface area contributed by atoms with Gasteiger partial charge in [0.15, 0.2) is 0 Å². The predicted molar refractivity (Wildman–Crippen MR) is 137 cm³/mol. The summed E-state index contributed by atoms with van der Waals surface area (Å²) in [5, 5.41) is 2.30. The second kappa shape index (κ2) is 11.4. The van der Waals surface area contributed by atoms with Gasteiger partial charge in [-0.3, -0.25) is 9.69 Å². The minimum Gasteiger partial charge on any atom is -0.332 e. The van der Waals surface area contributed by atoms with Gasteiger partial charge in [0.05, 0.1) is 9.90 Å². The van der Waals surface area contributed by atoms with Crippen LogP contribution in [0.3, 0.4) is 0 Å². The number of amides is 1. The fraction of sp³-hybridized carbons (Fsp3) is 0.292. The van der Waals surface area contributed by atoms with E-state index in [1.165, 1.54) is 39.9 Å². The lowest BCUT2D eigenvalue weighted by Gasteiger charge is -2.35. The first-order valence-electron chi connectivity index (χ1n) is 11.0. The molecule has 1 aliphatic rings. The third-order valence-corrected chi connectivity index (χ3v) is 9.31. The topological polar surface area (TPSA) is 60.9 Å². The number of hydrogen-bond donors (Lipinski definition) is 0. The van der Waals surface area contributed by atoms with Crippen molar-refractivity contribution in [3.8, 4) is 0 Å². The van der Waals surface area contributed by atoms with Crippen molar-refractivity contribution in [2.75, 3.05) is 39.3 Å². The van der Waals surface area contributed by atoms with E-state index >= 15 is 0 Å². The first kappa shape index (κ1) is 26.1. The van der Waals surface area contributed by atoms with Gasteiger partial charge in [0.1, 0.15) is 10.7 Å². The summed E-state index contributed by atoms with van der Waals surface area (Å²) in [4.78, 5) is 17.6. The van der Waals surface area contributed by atoms with Gasteiger partial charge in [-0.15, -0.1) is 11.3 Å². The van der Waals surface area contributed by atoms with Gasteiger partial charge in [0.25, 0.3) is 5.91 Å². The molecule has 1 saturated heterocycles. The summed E-state index contributed by atoms with van der Waals surface area (Å²) in [5.74, 6) is -0.405. The first-order valence-corrected chi connectivity index (χ1v) is 14.1. The molecule has 186 valence electrons. The predicted octanol–water partition coefficient (Wildman–Crippen LogP) is 4.84. The van der Waals surface area contributed by atoms with Gasteiger partial charge in [-0.25, -0.2) is 12.8 Å². The molecule has 1 fully saturated rings. The van der Waals surface area contributed by atoms with E-state index in [2.05, 4.69) is 4.90 Å². The van der Waals surface area contributed by atoms with E-state index < -0.39 is 10.0 Å². The van der Waals surface area contributed by atoms with Crippen LogP contribution in [0.2, 0.25) is 10.0 Å². The van der Waals surface area contributed by atoms with Crippen molar-refractivity contribution < 1.29 is 17.6 Å². The van der Waals surface area contributed by atoms with Gasteiger partial charge in [0.2, 0.25) is 10.0 Å². The number of thiophene rings is 1. The summed E-state index contributed by atoms with van der Waals surface area (Å²) in [6.45, 7) is 3.07. The van der Waals surface area contributed by atoms with Gasteiger partial charge in [-0.2, -0.15) is 4.31 Å². The molecule has 0 N–H and O–H groups in total. The molecule has 3 aromatic rings. The number of halogens is 3. The Morgan fingerprint density at radius 2 is 1.74 bits per heavy atom. The quantitative estimate of drug-likeness (QED) is 0.399. The Morgan fingerprint density at radius 3 is 2.40 bits per heavy atom. The lowest BCUT2D eigenvalue weighted by Crippen LogP contribution is -2.50. The summed E-state index contributed by atoms with van der Waals surface area (Å²) < 4.78 is 40.9. The molecule has 2 aromatic carbocycles. The minimum atomic E-state index is -3.76. The van der Waals surface area contributed by atoms with Crippen molar-refractivity contribution >= 4 is 50.5 Å². The Hall–Kier alpha value is -2.01. The molecule has 1 aromatic heterocycles. The largest absolute Gasteiger partial charge is 0.332 e. The number of hydrogen-bond acceptors (Lipinski definition) is 5. The van der Waals surface area contributed by atoms with Crippen molar-refractivity contribution in [2.45, 2.75) is 11.4 Å². The van der Waals surface area contributed by atoms with E-state index in [0.29, 0.717) is 55.7 Å². The van der Waals surface area contributed by atoms with Crippen molar-refractivity contribution in [3.63, 3.8) is 0 Å². The van der Waals surface area contributed by atoms with Crippen LogP contribution in [-0.2, 0) is 16.6 Å². The Morgan fingerprint density at radius 1 is 1.03 bits per heavy atom. The summed E-state index contributed by atoms with van der Waals surface area (Å²) >= 11 is 13.5. The van der Waals surface area contributed by atoms with Crippen molar-refractivity contribution in [1.82, 2.24) is 14.1 Å². The molecule has 0 spiro atoms. The summed E-state index contributed by atoms with van der Waals surface area (Å²) in [6, 6.07) is 14.1. The van der Waals surface area contributed by atoms with Gasteiger partial charge in [-0.05, 0) is 47.3 Å². The monoisotopic (exact) mass is 555 g/mol. The molecule has 35 heavy (non-hydrogen) atoms. The van der Waals surface area contributed by atoms with Crippen LogP contribution >= 0.6 is 34.5 Å². The Bertz CT molecular complexity index is 1260. The van der Waals surface area contributed by atoms with Crippen LogP contribution in [0.25, 0.3) is 0 Å². The average molecular weight is 557 g/mol. The highest BCUT2D eigenvalue weighted by Gasteiger charge is 2.30. The Labute approximate surface area is 218 Å². The Balaban J connectivity index is 1.39. The molecule has 0 unspecified atom stereocenters. The highest BCUT2D eigenvalue weighted by molar-refractivity contribution is 7.89. The van der Waals surface area contributed by atoms with E-state index in [-0.39, 0.29) is 21.6 Å². The van der Waals surface area contributed by atoms with Crippen LogP contribution in [0.4, 0.5) is 4.39 Å². The third-order valence-electron chi connectivity index (χ3n) is 5.83. The highest BCUT2D eigenvalue weighted by Crippen LogP contribution is 2.28. The van der Waals surface area contributed by atoms with Crippen LogP contribution in [0.15, 0.2) is 64.9 Å². The van der Waals surface area contributed by atoms with Crippen molar-refractivity contribution in [2.24, 2.45) is 0 Å². The highest BCUT2D eigenvalue weighted by atomic mass is 35.5. The maximum absolute atomic E-state index is 13.3. The normalized spacial score (nSPS) is 15.3. The van der Waals surface area contributed by atoms with E-state index in [1.807, 2.05) is 11.4 Å². The zero-order chi connectivity index (χ0) is 25.0. The minimum absolute atomic E-state index is 0.00661. The second-order valence-corrected chi connectivity index (χ2v) is 11.8. The van der Waals surface area contributed by atoms with Crippen LogP contribution in [0.5, 0.6) is 0 Å². The van der Waals surface area contributed by atoms with Gasteiger partial charge in [0, 0.05) is 50.8 Å². The summed E-state index contributed by atoms with van der Waals surface area (Å²) in [6.07, 6.45) is 0. The molecule has 0 aliphatic carbocycles. The number of sulfonamides is 1. The average Bonchev–Trinajstić information content (AvgIpc) is 3.39. The fourth-order valence-electron chi connectivity index (χ4n) is 3.89. The summed E-state index contributed by atoms with van der Waals surface area (Å²) in [7, 11) is -3.76. The molecule has 0 atom stereocenters. The molecule has 11 heteroatoms. The van der Waals surface area contributed by atoms with Gasteiger partial charge < -0.3 is 4.90 Å². The number of carbonyl (C=O) groups excluding carboxylic acids is 1. The third kappa shape index (κ3) is 6.41. The number of carbonyl (C=O) groups is 1. The summed E-state index contributed by atoms with van der Waals surface area (Å²) in [5.41, 5.74) is 0.839. The zero-order valence-corrected chi connectivity index (χ0v) is 21.9. The second-order valence-electron chi connectivity index (χ2n) is 8.15. The smallest absolute Gasteiger partial charge is 0.264 e. The molecular weight excluding hydrogens is 532 g/mol. The molecule has 0 bridgehead atoms. The van der Waals surface area contributed by atoms with Crippen LogP contribution in [0, 0.1) is 5.82 Å². The Kier molecular flexibility index (Phi) is 8.46. The van der Waals surface area contributed by atoms with E-state index in [4.69, 9.17) is 23.2 Å². The van der Waals surface area contributed by atoms with Gasteiger partial charge in [-0.1, -0.05) is 41.4 Å². The van der Waals surface area contributed by atoms with Crippen molar-refractivity contribution in [1.29, 1.82) is 0 Å². The first-order chi connectivity index (χ1) is 16.7. The van der Waals surface area contributed by atoms with Crippen LogP contribution < -0.4 is 0 Å². The maximum atomic E-state index is 13.3. The molecule has 0 saturated carbocycles. The molecule has 4 rings (SSSR count). The number of piperazine rings is 1. The molecular formula is C24H24Cl2FN3O3S2. The lowest BCUT2D eigenvalue weighted by atomic mass is 10.2. The lowest BCUT2D eigenvalue weighted by molar-refractivity contribution is 0.0715. The zero-order valence-electron chi connectivity index (χ0n) is 18.7. The molecule has 2 heterocycles. The van der Waals surface area contributed by atoms with Crippen LogP contribution in [-0.4, -0.2) is 67.7 Å². The van der Waals surface area contributed by atoms with Crippen LogP contribution in [0.1, 0.15) is 15.2 Å². The number of rotatable bonds is 8. The number of nitrogens with zero attached hydrogens (tertiary/aromatic N) is 3. The molecule has 0 radical (unpaired) electrons. The van der Waals surface area contributed by atoms with E-state index in [1.54, 1.807) is 29.2 Å². The molecule has 6 nitrogen and oxygen atoms in total. The molecule has 1 aliphatic heterocycles. The van der Waals surface area contributed by atoms with Gasteiger partial charge >= 0.3 is 0 Å². The number of benzene rings is 2. The standard InChI is InChI=1S/C24H24Cl2FN3O3S2/c25-19-5-8-21(26)23(16-19)35(32,33)30-13-10-28(11-14-30)9-12-29(24(31)22-2-1-15-34-22)17-18-3-6-20(27)7-4-18/h1-8,15-16H,9-14,17H2. The van der Waals surface area contributed by atoms with E-state index in [9.17, 15) is 17.6 Å². The fourth-order valence-corrected chi connectivity index (χ4v) is 6.74. The SMILES string of the molecule is O=C(c1cccs1)N(CCN1CCN(S(=O)(=O)c2cc(Cl)ccc2Cl)CC1)Cc1ccc(F)cc1.